The van der Waals surface area contributed by atoms with Crippen molar-refractivity contribution in [3.63, 3.8) is 0 Å². The van der Waals surface area contributed by atoms with Gasteiger partial charge < -0.3 is 15.3 Å². The lowest BCUT2D eigenvalue weighted by atomic mass is 9.78. The Morgan fingerprint density at radius 1 is 0.390 bits per heavy atom. The first-order valence-corrected chi connectivity index (χ1v) is 23.0. The molecule has 3 N–H and O–H groups in total. The van der Waals surface area contributed by atoms with E-state index in [1.165, 1.54) is 39.4 Å². The third-order valence-corrected chi connectivity index (χ3v) is 14.6. The molecule has 0 radical (unpaired) electrons. The smallest absolute Gasteiger partial charge is 0.336 e. The first-order valence-electron chi connectivity index (χ1n) is 23.0. The van der Waals surface area contributed by atoms with Crippen molar-refractivity contribution in [1.82, 2.24) is 13.7 Å². The Bertz CT molecular complexity index is 2100. The van der Waals surface area contributed by atoms with Gasteiger partial charge in [0.1, 0.15) is 17.2 Å². The maximum atomic E-state index is 14.8. The molecule has 4 aliphatic rings. The Labute approximate surface area is 348 Å². The SMILES string of the molecule is Cc1cc(Cn2c(=O)n(Cc3cc(C4CCCCC4)c(O)c(C4CCCCC4)c3)c(=O)n(Cc3cc(C4CCCCC4)c(O)c(C4CCCCC4)c3)c2=O)cc(C)c1O. The van der Waals surface area contributed by atoms with Crippen LogP contribution in [-0.4, -0.2) is 29.0 Å². The molecule has 1 aromatic heterocycles. The van der Waals surface area contributed by atoms with Crippen molar-refractivity contribution in [3.8, 4) is 17.2 Å². The molecule has 0 atom stereocenters. The van der Waals surface area contributed by atoms with Crippen molar-refractivity contribution in [2.24, 2.45) is 0 Å². The molecule has 0 spiro atoms. The minimum Gasteiger partial charge on any atom is -0.507 e. The largest absolute Gasteiger partial charge is 0.507 e. The van der Waals surface area contributed by atoms with Crippen LogP contribution in [0.1, 0.15) is 202 Å². The molecular weight excluding hydrogens is 739 g/mol. The lowest BCUT2D eigenvalue weighted by Gasteiger charge is -2.28. The average molecular weight is 804 g/mol. The van der Waals surface area contributed by atoms with Gasteiger partial charge in [-0.25, -0.2) is 28.1 Å². The van der Waals surface area contributed by atoms with Gasteiger partial charge in [0, 0.05) is 0 Å². The first-order chi connectivity index (χ1) is 28.6. The summed E-state index contributed by atoms with van der Waals surface area (Å²) in [7, 11) is 0. The van der Waals surface area contributed by atoms with E-state index in [9.17, 15) is 29.7 Å². The summed E-state index contributed by atoms with van der Waals surface area (Å²) in [6.07, 6.45) is 21.7. The van der Waals surface area contributed by atoms with E-state index in [-0.39, 0.29) is 49.1 Å². The summed E-state index contributed by atoms with van der Waals surface area (Å²) < 4.78 is 3.60. The quantitative estimate of drug-likeness (QED) is 0.147. The molecule has 0 amide bonds. The molecule has 9 nitrogen and oxygen atoms in total. The summed E-state index contributed by atoms with van der Waals surface area (Å²) in [6, 6.07) is 11.6. The Kier molecular flexibility index (Phi) is 12.6. The van der Waals surface area contributed by atoms with E-state index < -0.39 is 17.1 Å². The van der Waals surface area contributed by atoms with Crippen LogP contribution in [0.5, 0.6) is 17.2 Å². The number of aromatic nitrogens is 3. The van der Waals surface area contributed by atoms with E-state index in [0.29, 0.717) is 28.2 Å². The highest BCUT2D eigenvalue weighted by Crippen LogP contribution is 2.46. The van der Waals surface area contributed by atoms with Crippen LogP contribution in [-0.2, 0) is 19.6 Å². The Morgan fingerprint density at radius 3 is 0.881 bits per heavy atom. The fourth-order valence-electron chi connectivity index (χ4n) is 11.3. The van der Waals surface area contributed by atoms with E-state index in [1.807, 2.05) is 24.3 Å². The lowest BCUT2D eigenvalue weighted by Crippen LogP contribution is -2.54. The molecule has 316 valence electrons. The van der Waals surface area contributed by atoms with Crippen LogP contribution >= 0.6 is 0 Å². The zero-order chi connectivity index (χ0) is 41.2. The number of nitrogens with zero attached hydrogens (tertiary/aromatic N) is 3. The second-order valence-electron chi connectivity index (χ2n) is 18.8. The molecule has 9 heteroatoms. The summed E-state index contributed by atoms with van der Waals surface area (Å²) in [5.41, 5.74) is 5.24. The summed E-state index contributed by atoms with van der Waals surface area (Å²) in [6.45, 7) is 3.48. The number of hydrogen-bond donors (Lipinski definition) is 3. The normalized spacial score (nSPS) is 19.0. The Balaban J connectivity index is 1.27. The van der Waals surface area contributed by atoms with Crippen molar-refractivity contribution in [2.45, 2.75) is 186 Å². The van der Waals surface area contributed by atoms with E-state index in [0.717, 1.165) is 136 Å². The predicted molar refractivity (Wildman–Crippen MR) is 234 cm³/mol. The van der Waals surface area contributed by atoms with Gasteiger partial charge in [-0.3, -0.25) is 0 Å². The molecule has 4 saturated carbocycles. The van der Waals surface area contributed by atoms with Crippen molar-refractivity contribution < 1.29 is 15.3 Å². The van der Waals surface area contributed by atoms with Gasteiger partial charge in [-0.1, -0.05) is 113 Å². The fourth-order valence-corrected chi connectivity index (χ4v) is 11.3. The van der Waals surface area contributed by atoms with Crippen molar-refractivity contribution in [3.05, 3.63) is 118 Å². The number of hydrogen-bond acceptors (Lipinski definition) is 6. The number of benzene rings is 3. The van der Waals surface area contributed by atoms with Crippen molar-refractivity contribution >= 4 is 0 Å². The highest BCUT2D eigenvalue weighted by Gasteiger charge is 2.29. The summed E-state index contributed by atoms with van der Waals surface area (Å²) in [5, 5.41) is 34.2. The minimum absolute atomic E-state index is 0.0263. The van der Waals surface area contributed by atoms with Crippen LogP contribution in [0.15, 0.2) is 50.8 Å². The molecule has 59 heavy (non-hydrogen) atoms. The van der Waals surface area contributed by atoms with Gasteiger partial charge in [0.2, 0.25) is 0 Å². The van der Waals surface area contributed by atoms with Crippen LogP contribution < -0.4 is 17.1 Å². The molecular formula is C50H65N3O6. The zero-order valence-corrected chi connectivity index (χ0v) is 35.4. The topological polar surface area (TPSA) is 127 Å². The van der Waals surface area contributed by atoms with Crippen LogP contribution in [0.3, 0.4) is 0 Å². The molecule has 4 aliphatic carbocycles. The minimum atomic E-state index is -0.678. The fraction of sp³-hybridized carbons (Fsp3) is 0.580. The van der Waals surface area contributed by atoms with Gasteiger partial charge in [-0.05, 0) is 139 Å². The number of aromatic hydroxyl groups is 3. The molecule has 0 aliphatic heterocycles. The van der Waals surface area contributed by atoms with Gasteiger partial charge in [-0.15, -0.1) is 0 Å². The highest BCUT2D eigenvalue weighted by molar-refractivity contribution is 5.49. The molecule has 8 rings (SSSR count). The summed E-state index contributed by atoms with van der Waals surface area (Å²) in [5.74, 6) is 1.83. The monoisotopic (exact) mass is 803 g/mol. The standard InChI is InChI=1S/C50H65N3O6/c1-32-23-34(24-33(2)45(32)54)29-51-48(57)52(30-35-25-41(37-15-7-3-8-16-37)46(55)42(26-35)38-17-9-4-10-18-38)50(59)53(49(51)58)31-36-27-43(39-19-11-5-12-20-39)47(56)44(28-36)40-21-13-6-14-22-40/h23-28,37-40,54-56H,3-22,29-31H2,1-2H3. The van der Waals surface area contributed by atoms with Crippen LogP contribution in [0.4, 0.5) is 0 Å². The van der Waals surface area contributed by atoms with E-state index in [2.05, 4.69) is 0 Å². The number of phenols is 3. The van der Waals surface area contributed by atoms with E-state index in [4.69, 9.17) is 0 Å². The van der Waals surface area contributed by atoms with Crippen LogP contribution in [0.2, 0.25) is 0 Å². The molecule has 3 aromatic carbocycles. The van der Waals surface area contributed by atoms with Gasteiger partial charge in [0.05, 0.1) is 19.6 Å². The molecule has 0 saturated heterocycles. The number of aryl methyl sites for hydroxylation is 2. The predicted octanol–water partition coefficient (Wildman–Crippen LogP) is 10.2. The number of phenolic OH excluding ortho intramolecular Hbond substituents is 3. The first kappa shape index (κ1) is 41.2. The highest BCUT2D eigenvalue weighted by atomic mass is 16.3. The average Bonchev–Trinajstić information content (AvgIpc) is 3.26. The number of rotatable bonds is 10. The van der Waals surface area contributed by atoms with Crippen molar-refractivity contribution in [2.75, 3.05) is 0 Å². The van der Waals surface area contributed by atoms with Gasteiger partial charge in [0.15, 0.2) is 0 Å². The van der Waals surface area contributed by atoms with E-state index >= 15 is 0 Å². The third-order valence-electron chi connectivity index (χ3n) is 14.6. The van der Waals surface area contributed by atoms with Crippen LogP contribution in [0.25, 0.3) is 0 Å². The maximum Gasteiger partial charge on any atom is 0.336 e. The van der Waals surface area contributed by atoms with Crippen LogP contribution in [0, 0.1) is 13.8 Å². The molecule has 0 bridgehead atoms. The summed E-state index contributed by atoms with van der Waals surface area (Å²) >= 11 is 0. The Morgan fingerprint density at radius 2 is 0.627 bits per heavy atom. The van der Waals surface area contributed by atoms with Gasteiger partial charge in [0.25, 0.3) is 0 Å². The summed E-state index contributed by atoms with van der Waals surface area (Å²) in [4.78, 5) is 44.1. The van der Waals surface area contributed by atoms with Gasteiger partial charge in [-0.2, -0.15) is 0 Å². The van der Waals surface area contributed by atoms with Crippen molar-refractivity contribution in [1.29, 1.82) is 0 Å². The molecule has 0 unspecified atom stereocenters. The Hall–Kier alpha value is -4.53. The second-order valence-corrected chi connectivity index (χ2v) is 18.8. The second kappa shape index (κ2) is 18.0. The molecule has 1 heterocycles. The lowest BCUT2D eigenvalue weighted by molar-refractivity contribution is 0.392. The molecule has 4 fully saturated rings. The molecule has 4 aromatic rings. The zero-order valence-electron chi connectivity index (χ0n) is 35.4. The maximum absolute atomic E-state index is 14.8. The van der Waals surface area contributed by atoms with Gasteiger partial charge >= 0.3 is 17.1 Å². The van der Waals surface area contributed by atoms with E-state index in [1.54, 1.807) is 26.0 Å². The third kappa shape index (κ3) is 8.72.